The van der Waals surface area contributed by atoms with Gasteiger partial charge in [-0.3, -0.25) is 4.90 Å². The van der Waals surface area contributed by atoms with Crippen molar-refractivity contribution in [3.8, 4) is 0 Å². The lowest BCUT2D eigenvalue weighted by Gasteiger charge is -2.35. The summed E-state index contributed by atoms with van der Waals surface area (Å²) in [7, 11) is 0. The number of hydrogen-bond donors (Lipinski definition) is 0. The molecule has 0 aromatic rings. The summed E-state index contributed by atoms with van der Waals surface area (Å²) < 4.78 is 78.0. The molecule has 0 spiro atoms. The standard InChI is InChI=1S/C14H18F6N2O2/c1-3-4-10(2)9-21-5-7-22(8-6-21)12(23)24-11(13(15,16)17)14(18,19)20/h3-4,11H,1,5-9H2,2H3/b10-4+. The average molecular weight is 360 g/mol. The molecular weight excluding hydrogens is 342 g/mol. The van der Waals surface area contributed by atoms with Crippen LogP contribution in [-0.2, 0) is 4.74 Å². The molecule has 1 aliphatic heterocycles. The van der Waals surface area contributed by atoms with Crippen molar-refractivity contribution in [1.29, 1.82) is 0 Å². The van der Waals surface area contributed by atoms with Gasteiger partial charge < -0.3 is 9.64 Å². The highest BCUT2D eigenvalue weighted by molar-refractivity contribution is 5.68. The molecule has 1 heterocycles. The first kappa shape index (κ1) is 20.3. The van der Waals surface area contributed by atoms with Gasteiger partial charge in [-0.1, -0.05) is 24.3 Å². The number of ether oxygens (including phenoxy) is 1. The smallest absolute Gasteiger partial charge is 0.426 e. The minimum atomic E-state index is -5.71. The van der Waals surface area contributed by atoms with E-state index in [-0.39, 0.29) is 13.1 Å². The lowest BCUT2D eigenvalue weighted by molar-refractivity contribution is -0.308. The molecule has 0 atom stereocenters. The van der Waals surface area contributed by atoms with Crippen molar-refractivity contribution in [3.05, 3.63) is 24.3 Å². The highest BCUT2D eigenvalue weighted by atomic mass is 19.4. The van der Waals surface area contributed by atoms with E-state index in [0.29, 0.717) is 19.6 Å². The normalized spacial score (nSPS) is 18.0. The molecule has 0 aromatic carbocycles. The summed E-state index contributed by atoms with van der Waals surface area (Å²) in [6, 6.07) is 0. The van der Waals surface area contributed by atoms with E-state index in [0.717, 1.165) is 10.5 Å². The first-order valence-corrected chi connectivity index (χ1v) is 7.04. The van der Waals surface area contributed by atoms with Gasteiger partial charge in [-0.25, -0.2) is 4.79 Å². The number of carbonyl (C=O) groups is 1. The molecular formula is C14H18F6N2O2. The van der Waals surface area contributed by atoms with E-state index in [1.54, 1.807) is 12.2 Å². The molecule has 0 N–H and O–H groups in total. The van der Waals surface area contributed by atoms with E-state index in [2.05, 4.69) is 11.3 Å². The van der Waals surface area contributed by atoms with Crippen LogP contribution in [0.3, 0.4) is 0 Å². The van der Waals surface area contributed by atoms with Crippen LogP contribution in [0.15, 0.2) is 24.3 Å². The van der Waals surface area contributed by atoms with Crippen molar-refractivity contribution in [2.75, 3.05) is 32.7 Å². The number of alkyl halides is 6. The van der Waals surface area contributed by atoms with Gasteiger partial charge in [0, 0.05) is 32.7 Å². The van der Waals surface area contributed by atoms with Gasteiger partial charge in [-0.15, -0.1) is 0 Å². The number of carbonyl (C=O) groups excluding carboxylic acids is 1. The van der Waals surface area contributed by atoms with E-state index in [1.807, 2.05) is 11.8 Å². The van der Waals surface area contributed by atoms with Gasteiger partial charge in [0.25, 0.3) is 6.10 Å². The predicted molar refractivity (Wildman–Crippen MR) is 74.3 cm³/mol. The monoisotopic (exact) mass is 360 g/mol. The van der Waals surface area contributed by atoms with Crippen molar-refractivity contribution < 1.29 is 35.9 Å². The highest BCUT2D eigenvalue weighted by Crippen LogP contribution is 2.36. The fourth-order valence-corrected chi connectivity index (χ4v) is 2.19. The molecule has 1 rings (SSSR count). The summed E-state index contributed by atoms with van der Waals surface area (Å²) in [6.45, 7) is 6.60. The van der Waals surface area contributed by atoms with E-state index in [9.17, 15) is 31.1 Å². The van der Waals surface area contributed by atoms with Crippen LogP contribution in [0.5, 0.6) is 0 Å². The molecule has 0 aromatic heterocycles. The largest absolute Gasteiger partial charge is 0.434 e. The quantitative estimate of drug-likeness (QED) is 0.569. The minimum Gasteiger partial charge on any atom is -0.426 e. The van der Waals surface area contributed by atoms with Crippen molar-refractivity contribution in [2.24, 2.45) is 0 Å². The van der Waals surface area contributed by atoms with Crippen LogP contribution in [-0.4, -0.2) is 67.1 Å². The van der Waals surface area contributed by atoms with Crippen LogP contribution in [0.25, 0.3) is 0 Å². The van der Waals surface area contributed by atoms with E-state index < -0.39 is 24.5 Å². The summed E-state index contributed by atoms with van der Waals surface area (Å²) in [5.74, 6) is 0. The fraction of sp³-hybridized carbons (Fsp3) is 0.643. The lowest BCUT2D eigenvalue weighted by atomic mass is 10.2. The zero-order valence-electron chi connectivity index (χ0n) is 13.0. The van der Waals surface area contributed by atoms with E-state index >= 15 is 0 Å². The Bertz CT molecular complexity index is 465. The molecule has 1 aliphatic rings. The Balaban J connectivity index is 2.59. The summed E-state index contributed by atoms with van der Waals surface area (Å²) in [5.41, 5.74) is 0.996. The molecule has 10 heteroatoms. The second kappa shape index (κ2) is 7.91. The van der Waals surface area contributed by atoms with Gasteiger partial charge in [0.1, 0.15) is 0 Å². The van der Waals surface area contributed by atoms with Crippen molar-refractivity contribution >= 4 is 6.09 Å². The zero-order valence-corrected chi connectivity index (χ0v) is 13.0. The topological polar surface area (TPSA) is 32.8 Å². The molecule has 0 bridgehead atoms. The maximum absolute atomic E-state index is 12.4. The van der Waals surface area contributed by atoms with Gasteiger partial charge in [-0.2, -0.15) is 26.3 Å². The lowest BCUT2D eigenvalue weighted by Crippen LogP contribution is -2.52. The minimum absolute atomic E-state index is 0.0113. The molecule has 0 unspecified atom stereocenters. The molecule has 0 aliphatic carbocycles. The summed E-state index contributed by atoms with van der Waals surface area (Å²) >= 11 is 0. The fourth-order valence-electron chi connectivity index (χ4n) is 2.19. The van der Waals surface area contributed by atoms with Gasteiger partial charge in [0.05, 0.1) is 0 Å². The number of amides is 1. The number of nitrogens with zero attached hydrogens (tertiary/aromatic N) is 2. The number of allylic oxidation sites excluding steroid dienone is 2. The maximum atomic E-state index is 12.4. The molecule has 4 nitrogen and oxygen atoms in total. The Kier molecular flexibility index (Phi) is 6.70. The molecule has 0 saturated carbocycles. The van der Waals surface area contributed by atoms with Crippen LogP contribution in [0.2, 0.25) is 0 Å². The molecule has 1 amide bonds. The third kappa shape index (κ3) is 6.06. The third-order valence-electron chi connectivity index (χ3n) is 3.32. The molecule has 1 saturated heterocycles. The van der Waals surface area contributed by atoms with E-state index in [1.165, 1.54) is 0 Å². The Morgan fingerprint density at radius 3 is 2.04 bits per heavy atom. The number of piperazine rings is 1. The molecule has 1 fully saturated rings. The van der Waals surface area contributed by atoms with Gasteiger partial charge >= 0.3 is 18.4 Å². The first-order chi connectivity index (χ1) is 10.9. The Morgan fingerprint density at radius 2 is 1.62 bits per heavy atom. The Hall–Kier alpha value is -1.71. The molecule has 24 heavy (non-hydrogen) atoms. The first-order valence-electron chi connectivity index (χ1n) is 7.04. The number of halogens is 6. The third-order valence-corrected chi connectivity index (χ3v) is 3.32. The Morgan fingerprint density at radius 1 is 1.12 bits per heavy atom. The average Bonchev–Trinajstić information content (AvgIpc) is 2.43. The van der Waals surface area contributed by atoms with Crippen molar-refractivity contribution in [2.45, 2.75) is 25.4 Å². The van der Waals surface area contributed by atoms with Crippen LogP contribution in [0, 0.1) is 0 Å². The van der Waals surface area contributed by atoms with Crippen molar-refractivity contribution in [3.63, 3.8) is 0 Å². The van der Waals surface area contributed by atoms with Gasteiger partial charge in [0.2, 0.25) is 0 Å². The predicted octanol–water partition coefficient (Wildman–Crippen LogP) is 3.37. The van der Waals surface area contributed by atoms with Crippen LogP contribution < -0.4 is 0 Å². The van der Waals surface area contributed by atoms with Gasteiger partial charge in [0.15, 0.2) is 0 Å². The zero-order chi connectivity index (χ0) is 18.5. The van der Waals surface area contributed by atoms with Crippen LogP contribution >= 0.6 is 0 Å². The summed E-state index contributed by atoms with van der Waals surface area (Å²) in [6.07, 6.45) is -13.7. The van der Waals surface area contributed by atoms with Crippen LogP contribution in [0.4, 0.5) is 31.1 Å². The maximum Gasteiger partial charge on any atom is 0.434 e. The van der Waals surface area contributed by atoms with Crippen LogP contribution in [0.1, 0.15) is 6.92 Å². The second-order valence-electron chi connectivity index (χ2n) is 5.36. The number of hydrogen-bond acceptors (Lipinski definition) is 3. The summed E-state index contributed by atoms with van der Waals surface area (Å²) in [4.78, 5) is 14.4. The van der Waals surface area contributed by atoms with E-state index in [4.69, 9.17) is 0 Å². The molecule has 138 valence electrons. The van der Waals surface area contributed by atoms with Gasteiger partial charge in [-0.05, 0) is 6.92 Å². The Labute approximate surface area is 135 Å². The molecule has 0 radical (unpaired) electrons. The van der Waals surface area contributed by atoms with Crippen molar-refractivity contribution in [1.82, 2.24) is 9.80 Å². The SMILES string of the molecule is C=C/C=C(\C)CN1CCN(C(=O)OC(C(F)(F)F)C(F)(F)F)CC1. The second-order valence-corrected chi connectivity index (χ2v) is 5.36. The highest BCUT2D eigenvalue weighted by Gasteiger charge is 2.60. The number of rotatable bonds is 4. The summed E-state index contributed by atoms with van der Waals surface area (Å²) in [5, 5.41) is 0.